The minimum atomic E-state index is 0.459. The van der Waals surface area contributed by atoms with E-state index in [4.69, 9.17) is 10.5 Å². The van der Waals surface area contributed by atoms with Crippen molar-refractivity contribution in [3.05, 3.63) is 29.8 Å². The van der Waals surface area contributed by atoms with E-state index in [0.29, 0.717) is 12.0 Å². The lowest BCUT2D eigenvalue weighted by Gasteiger charge is -2.16. The first kappa shape index (κ1) is 11.5. The molecule has 0 spiro atoms. The predicted octanol–water partition coefficient (Wildman–Crippen LogP) is 3.33. The van der Waals surface area contributed by atoms with E-state index >= 15 is 0 Å². The Balaban J connectivity index is 1.82. The van der Waals surface area contributed by atoms with Crippen molar-refractivity contribution in [3.63, 3.8) is 0 Å². The number of rotatable bonds is 4. The van der Waals surface area contributed by atoms with Gasteiger partial charge in [0.25, 0.3) is 0 Å². The lowest BCUT2D eigenvalue weighted by molar-refractivity contribution is 0.0506. The van der Waals surface area contributed by atoms with Crippen molar-refractivity contribution in [3.8, 4) is 0 Å². The molecular weight excluding hydrogens is 198 g/mol. The largest absolute Gasteiger partial charge is 0.399 e. The van der Waals surface area contributed by atoms with Crippen LogP contribution in [-0.2, 0) is 4.74 Å². The van der Waals surface area contributed by atoms with Crippen molar-refractivity contribution in [1.29, 1.82) is 0 Å². The third kappa shape index (κ3) is 2.99. The van der Waals surface area contributed by atoms with Gasteiger partial charge in [-0.05, 0) is 30.5 Å². The Morgan fingerprint density at radius 2 is 1.88 bits per heavy atom. The lowest BCUT2D eigenvalue weighted by atomic mass is 10.0. The maximum absolute atomic E-state index is 5.92. The van der Waals surface area contributed by atoms with Crippen LogP contribution in [0, 0.1) is 0 Å². The van der Waals surface area contributed by atoms with E-state index in [1.54, 1.807) is 0 Å². The molecule has 0 saturated heterocycles. The first-order valence-electron chi connectivity index (χ1n) is 6.23. The number of anilines is 1. The van der Waals surface area contributed by atoms with Crippen molar-refractivity contribution < 1.29 is 4.74 Å². The molecule has 1 aromatic carbocycles. The molecule has 0 bridgehead atoms. The molecule has 0 amide bonds. The number of nitrogens with two attached hydrogens (primary N) is 1. The Morgan fingerprint density at radius 3 is 2.50 bits per heavy atom. The molecule has 1 aromatic rings. The monoisotopic (exact) mass is 219 g/mol. The summed E-state index contributed by atoms with van der Waals surface area (Å²) in [4.78, 5) is 0. The fraction of sp³-hybridized carbons (Fsp3) is 0.571. The zero-order chi connectivity index (χ0) is 11.4. The SMILES string of the molecule is CC(COC1CCCC1)c1ccc(N)cc1. The highest BCUT2D eigenvalue weighted by atomic mass is 16.5. The van der Waals surface area contributed by atoms with Crippen molar-refractivity contribution in [2.24, 2.45) is 0 Å². The number of benzene rings is 1. The molecule has 2 N–H and O–H groups in total. The molecule has 1 atom stereocenters. The van der Waals surface area contributed by atoms with Crippen LogP contribution in [-0.4, -0.2) is 12.7 Å². The molecule has 1 aliphatic carbocycles. The van der Waals surface area contributed by atoms with Gasteiger partial charge in [-0.15, -0.1) is 0 Å². The highest BCUT2D eigenvalue weighted by Gasteiger charge is 2.16. The minimum absolute atomic E-state index is 0.459. The molecule has 88 valence electrons. The average Bonchev–Trinajstić information content (AvgIpc) is 2.80. The number of hydrogen-bond donors (Lipinski definition) is 1. The van der Waals surface area contributed by atoms with E-state index in [-0.39, 0.29) is 0 Å². The fourth-order valence-electron chi connectivity index (χ4n) is 2.26. The first-order chi connectivity index (χ1) is 7.75. The van der Waals surface area contributed by atoms with E-state index in [0.717, 1.165) is 12.3 Å². The second-order valence-corrected chi connectivity index (χ2v) is 4.81. The van der Waals surface area contributed by atoms with E-state index in [1.807, 2.05) is 12.1 Å². The number of nitrogen functional groups attached to an aromatic ring is 1. The Kier molecular flexibility index (Phi) is 3.83. The molecule has 1 aliphatic rings. The van der Waals surface area contributed by atoms with Gasteiger partial charge in [0.2, 0.25) is 0 Å². The van der Waals surface area contributed by atoms with Gasteiger partial charge in [-0.1, -0.05) is 31.9 Å². The van der Waals surface area contributed by atoms with Crippen LogP contribution in [0.1, 0.15) is 44.1 Å². The summed E-state index contributed by atoms with van der Waals surface area (Å²) < 4.78 is 5.92. The third-order valence-electron chi connectivity index (χ3n) is 3.39. The van der Waals surface area contributed by atoms with Gasteiger partial charge in [0.1, 0.15) is 0 Å². The van der Waals surface area contributed by atoms with Crippen LogP contribution in [0.15, 0.2) is 24.3 Å². The summed E-state index contributed by atoms with van der Waals surface area (Å²) in [5.74, 6) is 0.459. The molecule has 0 aromatic heterocycles. The number of ether oxygens (including phenoxy) is 1. The zero-order valence-electron chi connectivity index (χ0n) is 9.99. The van der Waals surface area contributed by atoms with Crippen LogP contribution in [0.2, 0.25) is 0 Å². The van der Waals surface area contributed by atoms with Crippen LogP contribution < -0.4 is 5.73 Å². The van der Waals surface area contributed by atoms with E-state index < -0.39 is 0 Å². The number of hydrogen-bond acceptors (Lipinski definition) is 2. The lowest BCUT2D eigenvalue weighted by Crippen LogP contribution is -2.12. The second kappa shape index (κ2) is 5.35. The standard InChI is InChI=1S/C14H21NO/c1-11(10-16-14-4-2-3-5-14)12-6-8-13(15)9-7-12/h6-9,11,14H,2-5,10,15H2,1H3. The molecule has 0 radical (unpaired) electrons. The summed E-state index contributed by atoms with van der Waals surface area (Å²) in [6, 6.07) is 8.11. The van der Waals surface area contributed by atoms with Crippen LogP contribution in [0.25, 0.3) is 0 Å². The van der Waals surface area contributed by atoms with Gasteiger partial charge in [-0.3, -0.25) is 0 Å². The maximum Gasteiger partial charge on any atom is 0.0575 e. The minimum Gasteiger partial charge on any atom is -0.399 e. The summed E-state index contributed by atoms with van der Waals surface area (Å²) >= 11 is 0. The summed E-state index contributed by atoms with van der Waals surface area (Å²) in [7, 11) is 0. The molecule has 1 fully saturated rings. The van der Waals surface area contributed by atoms with Crippen molar-refractivity contribution in [2.75, 3.05) is 12.3 Å². The van der Waals surface area contributed by atoms with Crippen molar-refractivity contribution in [1.82, 2.24) is 0 Å². The van der Waals surface area contributed by atoms with Gasteiger partial charge >= 0.3 is 0 Å². The quantitative estimate of drug-likeness (QED) is 0.788. The average molecular weight is 219 g/mol. The summed E-state index contributed by atoms with van der Waals surface area (Å²) in [6.07, 6.45) is 5.67. The molecule has 2 nitrogen and oxygen atoms in total. The van der Waals surface area contributed by atoms with Crippen LogP contribution in [0.3, 0.4) is 0 Å². The Bertz CT molecular complexity index is 314. The molecule has 0 aliphatic heterocycles. The molecule has 2 heteroatoms. The van der Waals surface area contributed by atoms with Gasteiger partial charge in [-0.2, -0.15) is 0 Å². The van der Waals surface area contributed by atoms with Gasteiger partial charge in [0, 0.05) is 11.6 Å². The van der Waals surface area contributed by atoms with Crippen molar-refractivity contribution in [2.45, 2.75) is 44.6 Å². The molecule has 1 saturated carbocycles. The Labute approximate surface area is 97.8 Å². The molecular formula is C14H21NO. The van der Waals surface area contributed by atoms with Crippen LogP contribution >= 0.6 is 0 Å². The first-order valence-corrected chi connectivity index (χ1v) is 6.23. The highest BCUT2D eigenvalue weighted by molar-refractivity contribution is 5.40. The van der Waals surface area contributed by atoms with Gasteiger partial charge in [0.15, 0.2) is 0 Å². The third-order valence-corrected chi connectivity index (χ3v) is 3.39. The van der Waals surface area contributed by atoms with E-state index in [9.17, 15) is 0 Å². The smallest absolute Gasteiger partial charge is 0.0575 e. The zero-order valence-corrected chi connectivity index (χ0v) is 9.99. The normalized spacial score (nSPS) is 18.8. The Hall–Kier alpha value is -1.02. The van der Waals surface area contributed by atoms with Crippen LogP contribution in [0.4, 0.5) is 5.69 Å². The van der Waals surface area contributed by atoms with Gasteiger partial charge < -0.3 is 10.5 Å². The maximum atomic E-state index is 5.92. The highest BCUT2D eigenvalue weighted by Crippen LogP contribution is 2.23. The molecule has 16 heavy (non-hydrogen) atoms. The Morgan fingerprint density at radius 1 is 1.25 bits per heavy atom. The summed E-state index contributed by atoms with van der Waals surface area (Å²) in [6.45, 7) is 3.04. The van der Waals surface area contributed by atoms with Gasteiger partial charge in [0.05, 0.1) is 12.7 Å². The molecule has 2 rings (SSSR count). The van der Waals surface area contributed by atoms with Crippen molar-refractivity contribution >= 4 is 5.69 Å². The predicted molar refractivity (Wildman–Crippen MR) is 67.5 cm³/mol. The fourth-order valence-corrected chi connectivity index (χ4v) is 2.26. The molecule has 0 heterocycles. The van der Waals surface area contributed by atoms with E-state index in [1.165, 1.54) is 31.2 Å². The van der Waals surface area contributed by atoms with Gasteiger partial charge in [-0.25, -0.2) is 0 Å². The van der Waals surface area contributed by atoms with E-state index in [2.05, 4.69) is 19.1 Å². The van der Waals surface area contributed by atoms with Crippen LogP contribution in [0.5, 0.6) is 0 Å². The summed E-state index contributed by atoms with van der Waals surface area (Å²) in [5.41, 5.74) is 7.81. The topological polar surface area (TPSA) is 35.2 Å². The molecule has 1 unspecified atom stereocenters. The second-order valence-electron chi connectivity index (χ2n) is 4.81. The summed E-state index contributed by atoms with van der Waals surface area (Å²) in [5, 5.41) is 0.